The van der Waals surface area contributed by atoms with E-state index in [4.69, 9.17) is 0 Å². The van der Waals surface area contributed by atoms with E-state index in [1.165, 1.54) is 36.4 Å². The quantitative estimate of drug-likeness (QED) is 0.276. The second-order valence-corrected chi connectivity index (χ2v) is 8.74. The molecule has 0 aliphatic carbocycles. The number of rotatable bonds is 8. The van der Waals surface area contributed by atoms with Gasteiger partial charge in [0.2, 0.25) is 6.17 Å². The van der Waals surface area contributed by atoms with Crippen LogP contribution < -0.4 is 0 Å². The summed E-state index contributed by atoms with van der Waals surface area (Å²) in [7, 11) is -6.31. The maximum absolute atomic E-state index is 13.8. The Morgan fingerprint density at radius 3 is 1.85 bits per heavy atom. The number of ether oxygens (including phenoxy) is 1. The van der Waals surface area contributed by atoms with Gasteiger partial charge in [-0.15, -0.1) is 0 Å². The van der Waals surface area contributed by atoms with E-state index in [1.807, 2.05) is 0 Å². The molecule has 1 atom stereocenters. The standard InChI is InChI=1S/C23H19F3O7S/c24-20(23(25,26)34(30,31)32)13-33-22(29)19-4-2-1-3-18(19)21(14-5-9-16(27)10-6-14)15-7-11-17(28)12-8-15/h1-12,20-21,27-28H,13H2,(H,30,31,32)/p-1. The average molecular weight is 495 g/mol. The highest BCUT2D eigenvalue weighted by Gasteiger charge is 2.48. The first kappa shape index (κ1) is 25.1. The lowest BCUT2D eigenvalue weighted by atomic mass is 9.83. The van der Waals surface area contributed by atoms with Crippen LogP contribution in [0.3, 0.4) is 0 Å². The molecule has 0 aliphatic rings. The van der Waals surface area contributed by atoms with Gasteiger partial charge >= 0.3 is 11.2 Å². The van der Waals surface area contributed by atoms with Crippen LogP contribution in [0.2, 0.25) is 0 Å². The van der Waals surface area contributed by atoms with Gasteiger partial charge in [0.05, 0.1) is 5.56 Å². The van der Waals surface area contributed by atoms with Crippen molar-refractivity contribution in [1.82, 2.24) is 0 Å². The molecule has 0 fully saturated rings. The molecular formula is C23H18F3O7S-. The second kappa shape index (κ2) is 9.74. The van der Waals surface area contributed by atoms with E-state index in [2.05, 4.69) is 4.74 Å². The van der Waals surface area contributed by atoms with E-state index in [9.17, 15) is 41.1 Å². The van der Waals surface area contributed by atoms with Crippen LogP contribution in [-0.4, -0.2) is 47.2 Å². The van der Waals surface area contributed by atoms with Crippen molar-refractivity contribution in [1.29, 1.82) is 0 Å². The third-order valence-corrected chi connectivity index (χ3v) is 5.93. The molecule has 0 saturated heterocycles. The van der Waals surface area contributed by atoms with Crippen LogP contribution >= 0.6 is 0 Å². The molecule has 0 amide bonds. The van der Waals surface area contributed by atoms with Gasteiger partial charge in [0.25, 0.3) is 0 Å². The summed E-state index contributed by atoms with van der Waals surface area (Å²) in [6, 6.07) is 17.9. The van der Waals surface area contributed by atoms with Crippen LogP contribution in [0, 0.1) is 0 Å². The molecule has 180 valence electrons. The van der Waals surface area contributed by atoms with Crippen LogP contribution in [0.4, 0.5) is 13.2 Å². The molecule has 7 nitrogen and oxygen atoms in total. The molecule has 0 aromatic heterocycles. The predicted octanol–water partition coefficient (Wildman–Crippen LogP) is 3.91. The van der Waals surface area contributed by atoms with E-state index >= 15 is 0 Å². The molecular weight excluding hydrogens is 477 g/mol. The zero-order valence-corrected chi connectivity index (χ0v) is 18.1. The number of phenols is 2. The summed E-state index contributed by atoms with van der Waals surface area (Å²) in [6.07, 6.45) is -3.56. The minimum atomic E-state index is -6.31. The first-order chi connectivity index (χ1) is 15.9. The minimum Gasteiger partial charge on any atom is -0.743 e. The van der Waals surface area contributed by atoms with E-state index in [1.54, 1.807) is 36.4 Å². The van der Waals surface area contributed by atoms with Crippen molar-refractivity contribution in [3.63, 3.8) is 0 Å². The number of hydrogen-bond donors (Lipinski definition) is 2. The maximum Gasteiger partial charge on any atom is 0.368 e. The van der Waals surface area contributed by atoms with Crippen molar-refractivity contribution in [3.8, 4) is 11.5 Å². The Morgan fingerprint density at radius 2 is 1.38 bits per heavy atom. The third kappa shape index (κ3) is 5.32. The van der Waals surface area contributed by atoms with Crippen LogP contribution in [0.5, 0.6) is 11.5 Å². The topological polar surface area (TPSA) is 124 Å². The van der Waals surface area contributed by atoms with Crippen molar-refractivity contribution in [2.75, 3.05) is 6.61 Å². The van der Waals surface area contributed by atoms with Crippen LogP contribution in [0.1, 0.15) is 33.0 Å². The molecule has 3 aromatic carbocycles. The van der Waals surface area contributed by atoms with Gasteiger partial charge in [0.15, 0.2) is 10.1 Å². The van der Waals surface area contributed by atoms with Gasteiger partial charge in [0.1, 0.15) is 18.1 Å². The van der Waals surface area contributed by atoms with Crippen molar-refractivity contribution in [3.05, 3.63) is 95.1 Å². The van der Waals surface area contributed by atoms with Crippen molar-refractivity contribution in [2.24, 2.45) is 0 Å². The first-order valence-corrected chi connectivity index (χ1v) is 11.1. The Bertz CT molecular complexity index is 1210. The highest BCUT2D eigenvalue weighted by Crippen LogP contribution is 2.36. The molecule has 0 aliphatic heterocycles. The zero-order valence-electron chi connectivity index (χ0n) is 17.3. The Morgan fingerprint density at radius 1 is 0.912 bits per heavy atom. The number of benzene rings is 3. The summed E-state index contributed by atoms with van der Waals surface area (Å²) < 4.78 is 76.9. The second-order valence-electron chi connectivity index (χ2n) is 7.29. The number of carbonyl (C=O) groups is 1. The van der Waals surface area contributed by atoms with Gasteiger partial charge in [-0.05, 0) is 47.0 Å². The van der Waals surface area contributed by atoms with E-state index in [0.29, 0.717) is 16.7 Å². The normalized spacial score (nSPS) is 13.0. The van der Waals surface area contributed by atoms with E-state index < -0.39 is 40.0 Å². The molecule has 11 heteroatoms. The van der Waals surface area contributed by atoms with Crippen LogP contribution in [0.25, 0.3) is 0 Å². The third-order valence-electron chi connectivity index (χ3n) is 5.00. The fraction of sp³-hybridized carbons (Fsp3) is 0.174. The Labute approximate surface area is 192 Å². The molecule has 34 heavy (non-hydrogen) atoms. The number of hydrogen-bond acceptors (Lipinski definition) is 7. The lowest BCUT2D eigenvalue weighted by Crippen LogP contribution is -2.41. The lowest BCUT2D eigenvalue weighted by Gasteiger charge is -2.24. The molecule has 0 heterocycles. The summed E-state index contributed by atoms with van der Waals surface area (Å²) in [5.74, 6) is -1.90. The van der Waals surface area contributed by atoms with Crippen molar-refractivity contribution in [2.45, 2.75) is 17.3 Å². The molecule has 0 radical (unpaired) electrons. The monoisotopic (exact) mass is 495 g/mol. The van der Waals surface area contributed by atoms with Gasteiger partial charge < -0.3 is 19.5 Å². The molecule has 2 N–H and O–H groups in total. The first-order valence-electron chi connectivity index (χ1n) is 9.73. The van der Waals surface area contributed by atoms with Crippen molar-refractivity contribution >= 4 is 16.1 Å². The molecule has 3 rings (SSSR count). The van der Waals surface area contributed by atoms with Gasteiger partial charge in [-0.25, -0.2) is 17.6 Å². The number of alkyl halides is 3. The Kier molecular flexibility index (Phi) is 7.18. The molecule has 0 saturated carbocycles. The number of halogens is 3. The van der Waals surface area contributed by atoms with Gasteiger partial charge in [-0.1, -0.05) is 42.5 Å². The summed E-state index contributed by atoms with van der Waals surface area (Å²) in [5.41, 5.74) is 1.41. The van der Waals surface area contributed by atoms with Crippen LogP contribution in [0.15, 0.2) is 72.8 Å². The molecule has 3 aromatic rings. The summed E-state index contributed by atoms with van der Waals surface area (Å²) in [6.45, 7) is -1.66. The Hall–Kier alpha value is -3.57. The highest BCUT2D eigenvalue weighted by atomic mass is 32.2. The maximum atomic E-state index is 13.8. The average Bonchev–Trinajstić information content (AvgIpc) is 2.79. The molecule has 0 bridgehead atoms. The fourth-order valence-electron chi connectivity index (χ4n) is 3.30. The van der Waals surface area contributed by atoms with E-state index in [0.717, 1.165) is 0 Å². The SMILES string of the molecule is O=C(OCC(F)C(F)(F)S(=O)(=O)[O-])c1ccccc1C(c1ccc(O)cc1)c1ccc(O)cc1. The predicted molar refractivity (Wildman–Crippen MR) is 113 cm³/mol. The van der Waals surface area contributed by atoms with Gasteiger partial charge in [-0.3, -0.25) is 0 Å². The largest absolute Gasteiger partial charge is 0.743 e. The molecule has 1 unspecified atom stereocenters. The summed E-state index contributed by atoms with van der Waals surface area (Å²) in [5, 5.41) is 14.0. The number of aromatic hydroxyl groups is 2. The summed E-state index contributed by atoms with van der Waals surface area (Å²) in [4.78, 5) is 12.7. The lowest BCUT2D eigenvalue weighted by molar-refractivity contribution is -0.0362. The smallest absolute Gasteiger partial charge is 0.368 e. The van der Waals surface area contributed by atoms with E-state index in [-0.39, 0.29) is 17.1 Å². The van der Waals surface area contributed by atoms with Gasteiger partial charge in [-0.2, -0.15) is 8.78 Å². The number of esters is 1. The number of phenolic OH excluding ortho intramolecular Hbond substituents is 2. The minimum absolute atomic E-state index is 0.0101. The van der Waals surface area contributed by atoms with Crippen LogP contribution in [-0.2, 0) is 14.9 Å². The van der Waals surface area contributed by atoms with Gasteiger partial charge in [0, 0.05) is 5.92 Å². The zero-order chi connectivity index (χ0) is 25.1. The summed E-state index contributed by atoms with van der Waals surface area (Å²) >= 11 is 0. The molecule has 0 spiro atoms. The van der Waals surface area contributed by atoms with Crippen molar-refractivity contribution < 1.29 is 45.9 Å². The Balaban J connectivity index is 1.98. The fourth-order valence-corrected chi connectivity index (χ4v) is 3.68. The highest BCUT2D eigenvalue weighted by molar-refractivity contribution is 7.86. The number of carbonyl (C=O) groups excluding carboxylic acids is 1.